The number of hydrogen-bond donors (Lipinski definition) is 2. The number of anilines is 2. The molecule has 0 aliphatic carbocycles. The average Bonchev–Trinajstić information content (AvgIpc) is 2.69. The van der Waals surface area contributed by atoms with Crippen molar-refractivity contribution >= 4 is 28.3 Å². The lowest BCUT2D eigenvalue weighted by molar-refractivity contribution is 0.100. The van der Waals surface area contributed by atoms with Gasteiger partial charge in [0, 0.05) is 23.3 Å². The monoisotopic (exact) mass is 355 g/mol. The van der Waals surface area contributed by atoms with Crippen LogP contribution >= 0.6 is 0 Å². The van der Waals surface area contributed by atoms with Crippen molar-refractivity contribution in [3.8, 4) is 11.4 Å². The Balaban J connectivity index is 1.91. The molecule has 2 aromatic carbocycles. The Morgan fingerprint density at radius 1 is 1.04 bits per heavy atom. The van der Waals surface area contributed by atoms with Gasteiger partial charge in [0.2, 0.25) is 0 Å². The highest BCUT2D eigenvalue weighted by atomic mass is 16.1. The minimum atomic E-state index is -0.500. The summed E-state index contributed by atoms with van der Waals surface area (Å²) in [7, 11) is 0. The van der Waals surface area contributed by atoms with Crippen molar-refractivity contribution in [3.05, 3.63) is 78.1 Å². The number of nitrogens with zero attached hydrogens (tertiary/aromatic N) is 3. The van der Waals surface area contributed by atoms with Crippen LogP contribution in [0, 0.1) is 6.92 Å². The number of rotatable bonds is 4. The molecule has 0 unspecified atom stereocenters. The second-order valence-corrected chi connectivity index (χ2v) is 6.19. The maximum absolute atomic E-state index is 11.8. The summed E-state index contributed by atoms with van der Waals surface area (Å²) in [6.07, 6.45) is 3.42. The Bertz CT molecular complexity index is 1140. The van der Waals surface area contributed by atoms with Gasteiger partial charge in [-0.15, -0.1) is 0 Å². The predicted octanol–water partition coefficient (Wildman–Crippen LogP) is 3.84. The lowest BCUT2D eigenvalue weighted by Crippen LogP contribution is -2.13. The zero-order chi connectivity index (χ0) is 18.8. The number of hydrogen-bond acceptors (Lipinski definition) is 5. The van der Waals surface area contributed by atoms with Crippen LogP contribution in [-0.4, -0.2) is 20.9 Å². The first kappa shape index (κ1) is 16.7. The number of para-hydroxylation sites is 1. The third kappa shape index (κ3) is 3.32. The fourth-order valence-electron chi connectivity index (χ4n) is 2.90. The molecule has 4 aromatic rings. The third-order valence-corrected chi connectivity index (χ3v) is 4.22. The number of aromatic nitrogens is 3. The molecule has 2 aromatic heterocycles. The highest BCUT2D eigenvalue weighted by Gasteiger charge is 2.13. The molecular formula is C21H17N5O. The molecule has 0 saturated carbocycles. The van der Waals surface area contributed by atoms with E-state index in [1.165, 1.54) is 0 Å². The van der Waals surface area contributed by atoms with Crippen LogP contribution in [0.5, 0.6) is 0 Å². The summed E-state index contributed by atoms with van der Waals surface area (Å²) >= 11 is 0. The number of aryl methyl sites for hydroxylation is 1. The van der Waals surface area contributed by atoms with Gasteiger partial charge in [-0.05, 0) is 43.3 Å². The summed E-state index contributed by atoms with van der Waals surface area (Å²) in [6.45, 7) is 2.01. The van der Waals surface area contributed by atoms with Gasteiger partial charge in [0.05, 0.1) is 16.8 Å². The summed E-state index contributed by atoms with van der Waals surface area (Å²) in [6, 6.07) is 16.8. The minimum absolute atomic E-state index is 0.403. The van der Waals surface area contributed by atoms with E-state index in [4.69, 9.17) is 10.7 Å². The second-order valence-electron chi connectivity index (χ2n) is 6.19. The molecule has 0 aliphatic heterocycles. The lowest BCUT2D eigenvalue weighted by Gasteiger charge is -2.13. The first-order valence-electron chi connectivity index (χ1n) is 8.46. The van der Waals surface area contributed by atoms with Crippen molar-refractivity contribution in [2.75, 3.05) is 5.32 Å². The van der Waals surface area contributed by atoms with Crippen LogP contribution < -0.4 is 11.1 Å². The summed E-state index contributed by atoms with van der Waals surface area (Å²) in [5.41, 5.74) is 9.21. The number of amides is 1. The van der Waals surface area contributed by atoms with E-state index < -0.39 is 5.91 Å². The van der Waals surface area contributed by atoms with Gasteiger partial charge in [0.1, 0.15) is 5.82 Å². The quantitative estimate of drug-likeness (QED) is 0.580. The van der Waals surface area contributed by atoms with Crippen LogP contribution in [-0.2, 0) is 0 Å². The van der Waals surface area contributed by atoms with E-state index in [0.717, 1.165) is 22.0 Å². The van der Waals surface area contributed by atoms with Crippen LogP contribution in [0.2, 0.25) is 0 Å². The molecule has 27 heavy (non-hydrogen) atoms. The molecule has 3 N–H and O–H groups in total. The first-order valence-corrected chi connectivity index (χ1v) is 8.46. The Morgan fingerprint density at radius 2 is 1.89 bits per heavy atom. The zero-order valence-electron chi connectivity index (χ0n) is 14.7. The molecule has 6 nitrogen and oxygen atoms in total. The molecule has 2 heterocycles. The Hall–Kier alpha value is -3.80. The molecule has 6 heteroatoms. The van der Waals surface area contributed by atoms with Crippen molar-refractivity contribution in [1.82, 2.24) is 15.0 Å². The molecular weight excluding hydrogens is 338 g/mol. The maximum atomic E-state index is 11.8. The summed E-state index contributed by atoms with van der Waals surface area (Å²) in [4.78, 5) is 25.3. The fraction of sp³-hybridized carbons (Fsp3) is 0.0476. The first-order chi connectivity index (χ1) is 13.1. The van der Waals surface area contributed by atoms with Gasteiger partial charge in [-0.1, -0.05) is 23.8 Å². The van der Waals surface area contributed by atoms with E-state index in [0.29, 0.717) is 22.9 Å². The SMILES string of the molecule is Cc1ccc2nc(-c3cccnc3)nc(Nc3ccccc3C(N)=O)c2c1. The average molecular weight is 355 g/mol. The molecule has 0 fully saturated rings. The number of primary amides is 1. The zero-order valence-corrected chi connectivity index (χ0v) is 14.7. The van der Waals surface area contributed by atoms with Crippen LogP contribution in [0.15, 0.2) is 67.0 Å². The molecule has 132 valence electrons. The van der Waals surface area contributed by atoms with E-state index in [-0.39, 0.29) is 0 Å². The number of benzene rings is 2. The van der Waals surface area contributed by atoms with Crippen LogP contribution in [0.1, 0.15) is 15.9 Å². The van der Waals surface area contributed by atoms with Gasteiger partial charge in [-0.3, -0.25) is 9.78 Å². The minimum Gasteiger partial charge on any atom is -0.366 e. The Morgan fingerprint density at radius 3 is 2.67 bits per heavy atom. The molecule has 0 saturated heterocycles. The van der Waals surface area contributed by atoms with Gasteiger partial charge in [-0.2, -0.15) is 0 Å². The van der Waals surface area contributed by atoms with E-state index in [1.54, 1.807) is 30.6 Å². The molecule has 1 amide bonds. The number of nitrogens with two attached hydrogens (primary N) is 1. The fourth-order valence-corrected chi connectivity index (χ4v) is 2.90. The normalized spacial score (nSPS) is 10.7. The van der Waals surface area contributed by atoms with Crippen molar-refractivity contribution in [3.63, 3.8) is 0 Å². The Labute approximate surface area is 156 Å². The maximum Gasteiger partial charge on any atom is 0.250 e. The standard InChI is InChI=1S/C21H17N5O/c1-13-8-9-18-16(11-13)21(25-17-7-3-2-6-15(17)19(22)27)26-20(24-18)14-5-4-10-23-12-14/h2-12H,1H3,(H2,22,27)(H,24,25,26). The van der Waals surface area contributed by atoms with Gasteiger partial charge in [0.15, 0.2) is 5.82 Å². The molecule has 0 spiro atoms. The topological polar surface area (TPSA) is 93.8 Å². The van der Waals surface area contributed by atoms with Crippen LogP contribution in [0.4, 0.5) is 11.5 Å². The molecule has 0 atom stereocenters. The largest absolute Gasteiger partial charge is 0.366 e. The van der Waals surface area contributed by atoms with Crippen LogP contribution in [0.3, 0.4) is 0 Å². The van der Waals surface area contributed by atoms with Crippen molar-refractivity contribution in [2.45, 2.75) is 6.92 Å². The molecule has 0 aliphatic rings. The van der Waals surface area contributed by atoms with E-state index >= 15 is 0 Å². The van der Waals surface area contributed by atoms with E-state index in [1.807, 2.05) is 43.3 Å². The summed E-state index contributed by atoms with van der Waals surface area (Å²) in [5.74, 6) is 0.662. The third-order valence-electron chi connectivity index (χ3n) is 4.22. The van der Waals surface area contributed by atoms with Crippen molar-refractivity contribution in [2.24, 2.45) is 5.73 Å². The van der Waals surface area contributed by atoms with Crippen molar-refractivity contribution in [1.29, 1.82) is 0 Å². The molecule has 0 radical (unpaired) electrons. The van der Waals surface area contributed by atoms with Gasteiger partial charge >= 0.3 is 0 Å². The lowest BCUT2D eigenvalue weighted by atomic mass is 10.1. The van der Waals surface area contributed by atoms with Crippen LogP contribution in [0.25, 0.3) is 22.3 Å². The smallest absolute Gasteiger partial charge is 0.250 e. The molecule has 0 bridgehead atoms. The number of nitrogens with one attached hydrogen (secondary N) is 1. The highest BCUT2D eigenvalue weighted by molar-refractivity contribution is 6.01. The predicted molar refractivity (Wildman–Crippen MR) is 106 cm³/mol. The number of fused-ring (bicyclic) bond motifs is 1. The number of carbonyl (C=O) groups excluding carboxylic acids is 1. The molecule has 4 rings (SSSR count). The number of carbonyl (C=O) groups is 1. The number of pyridine rings is 1. The van der Waals surface area contributed by atoms with Gasteiger partial charge < -0.3 is 11.1 Å². The summed E-state index contributed by atoms with van der Waals surface area (Å²) < 4.78 is 0. The summed E-state index contributed by atoms with van der Waals surface area (Å²) in [5, 5.41) is 4.12. The van der Waals surface area contributed by atoms with E-state index in [9.17, 15) is 4.79 Å². The van der Waals surface area contributed by atoms with Gasteiger partial charge in [-0.25, -0.2) is 9.97 Å². The second kappa shape index (κ2) is 6.84. The Kier molecular flexibility index (Phi) is 4.22. The van der Waals surface area contributed by atoms with Crippen molar-refractivity contribution < 1.29 is 4.79 Å². The van der Waals surface area contributed by atoms with Gasteiger partial charge in [0.25, 0.3) is 5.91 Å². The van der Waals surface area contributed by atoms with E-state index in [2.05, 4.69) is 15.3 Å². The highest BCUT2D eigenvalue weighted by Crippen LogP contribution is 2.29.